The summed E-state index contributed by atoms with van der Waals surface area (Å²) in [5.74, 6) is 1.44. The first kappa shape index (κ1) is 13.2. The van der Waals surface area contributed by atoms with Gasteiger partial charge in [0.2, 0.25) is 0 Å². The zero-order valence-electron chi connectivity index (χ0n) is 11.4. The Morgan fingerprint density at radius 3 is 2.53 bits per heavy atom. The zero-order chi connectivity index (χ0) is 13.7. The Kier molecular flexibility index (Phi) is 4.23. The van der Waals surface area contributed by atoms with Gasteiger partial charge >= 0.3 is 0 Å². The normalized spacial score (nSPS) is 10.1. The van der Waals surface area contributed by atoms with Crippen LogP contribution >= 0.6 is 0 Å². The lowest BCUT2D eigenvalue weighted by atomic mass is 10.2. The monoisotopic (exact) mass is 258 g/mol. The van der Waals surface area contributed by atoms with Crippen LogP contribution in [-0.2, 0) is 6.54 Å². The minimum atomic E-state index is 0.717. The molecule has 0 bridgehead atoms. The summed E-state index contributed by atoms with van der Waals surface area (Å²) >= 11 is 0. The molecule has 0 saturated carbocycles. The molecule has 2 rings (SSSR count). The molecule has 2 aromatic rings. The average molecular weight is 258 g/mol. The van der Waals surface area contributed by atoms with Crippen molar-refractivity contribution in [3.05, 3.63) is 47.8 Å². The molecule has 0 spiro atoms. The molecule has 0 atom stereocenters. The van der Waals surface area contributed by atoms with Gasteiger partial charge in [-0.3, -0.25) is 4.98 Å². The van der Waals surface area contributed by atoms with E-state index in [9.17, 15) is 0 Å². The second kappa shape index (κ2) is 6.09. The Hall–Kier alpha value is -2.23. The van der Waals surface area contributed by atoms with Crippen molar-refractivity contribution in [1.29, 1.82) is 0 Å². The molecule has 1 heterocycles. The molecule has 4 nitrogen and oxygen atoms in total. The first-order chi connectivity index (χ1) is 9.22. The Balaban J connectivity index is 2.07. The lowest BCUT2D eigenvalue weighted by Crippen LogP contribution is -2.01. The van der Waals surface area contributed by atoms with Crippen LogP contribution in [0.5, 0.6) is 11.5 Å². The molecule has 0 amide bonds. The van der Waals surface area contributed by atoms with Crippen molar-refractivity contribution in [1.82, 2.24) is 4.98 Å². The van der Waals surface area contributed by atoms with Gasteiger partial charge in [0.15, 0.2) is 11.5 Å². The van der Waals surface area contributed by atoms with Crippen LogP contribution in [0.25, 0.3) is 0 Å². The predicted octanol–water partition coefficient (Wildman–Crippen LogP) is 3.02. The molecule has 0 aliphatic carbocycles. The number of aromatic nitrogens is 1. The van der Waals surface area contributed by atoms with E-state index in [4.69, 9.17) is 9.47 Å². The van der Waals surface area contributed by atoms with Crippen molar-refractivity contribution in [2.75, 3.05) is 19.5 Å². The third kappa shape index (κ3) is 3.37. The number of benzene rings is 1. The van der Waals surface area contributed by atoms with Crippen molar-refractivity contribution < 1.29 is 9.47 Å². The number of nitrogens with zero attached hydrogens (tertiary/aromatic N) is 1. The third-order valence-corrected chi connectivity index (χ3v) is 2.81. The van der Waals surface area contributed by atoms with Crippen molar-refractivity contribution in [3.63, 3.8) is 0 Å². The van der Waals surface area contributed by atoms with Crippen LogP contribution < -0.4 is 14.8 Å². The van der Waals surface area contributed by atoms with Crippen LogP contribution in [-0.4, -0.2) is 19.2 Å². The van der Waals surface area contributed by atoms with Crippen molar-refractivity contribution in [2.45, 2.75) is 13.5 Å². The van der Waals surface area contributed by atoms with Gasteiger partial charge in [-0.1, -0.05) is 6.07 Å². The largest absolute Gasteiger partial charge is 0.493 e. The quantitative estimate of drug-likeness (QED) is 0.895. The number of anilines is 1. The van der Waals surface area contributed by atoms with Crippen LogP contribution in [0, 0.1) is 6.92 Å². The number of ether oxygens (including phenoxy) is 2. The standard InChI is InChI=1S/C15H18N2O2/c1-11-6-12(9-16-8-11)10-17-13-4-5-14(18-2)15(7-13)19-3/h4-9,17H,10H2,1-3H3. The van der Waals surface area contributed by atoms with E-state index in [2.05, 4.69) is 16.4 Å². The summed E-state index contributed by atoms with van der Waals surface area (Å²) in [6, 6.07) is 7.88. The van der Waals surface area contributed by atoms with E-state index < -0.39 is 0 Å². The Morgan fingerprint density at radius 2 is 1.84 bits per heavy atom. The Morgan fingerprint density at radius 1 is 1.05 bits per heavy atom. The lowest BCUT2D eigenvalue weighted by Gasteiger charge is -2.11. The molecule has 1 aromatic carbocycles. The number of methoxy groups -OCH3 is 2. The minimum absolute atomic E-state index is 0.717. The first-order valence-electron chi connectivity index (χ1n) is 6.09. The van der Waals surface area contributed by atoms with E-state index in [0.29, 0.717) is 0 Å². The van der Waals surface area contributed by atoms with E-state index in [-0.39, 0.29) is 0 Å². The summed E-state index contributed by atoms with van der Waals surface area (Å²) in [6.07, 6.45) is 3.71. The van der Waals surface area contributed by atoms with Gasteiger partial charge < -0.3 is 14.8 Å². The molecule has 100 valence electrons. The second-order valence-corrected chi connectivity index (χ2v) is 4.29. The molecule has 1 aromatic heterocycles. The Bertz CT molecular complexity index is 556. The fourth-order valence-corrected chi connectivity index (χ4v) is 1.86. The highest BCUT2D eigenvalue weighted by Crippen LogP contribution is 2.29. The third-order valence-electron chi connectivity index (χ3n) is 2.81. The molecule has 0 saturated heterocycles. The number of rotatable bonds is 5. The number of hydrogen-bond donors (Lipinski definition) is 1. The molecule has 0 unspecified atom stereocenters. The van der Waals surface area contributed by atoms with Gasteiger partial charge in [-0.05, 0) is 30.2 Å². The maximum Gasteiger partial charge on any atom is 0.162 e. The highest BCUT2D eigenvalue weighted by atomic mass is 16.5. The molecule has 0 aliphatic rings. The summed E-state index contributed by atoms with van der Waals surface area (Å²) in [5.41, 5.74) is 3.29. The highest BCUT2D eigenvalue weighted by Gasteiger charge is 2.04. The number of nitrogens with one attached hydrogen (secondary N) is 1. The molecule has 0 aliphatic heterocycles. The highest BCUT2D eigenvalue weighted by molar-refractivity contribution is 5.54. The second-order valence-electron chi connectivity index (χ2n) is 4.29. The van der Waals surface area contributed by atoms with Crippen molar-refractivity contribution in [3.8, 4) is 11.5 Å². The summed E-state index contributed by atoms with van der Waals surface area (Å²) in [4.78, 5) is 4.17. The molecule has 4 heteroatoms. The van der Waals surface area contributed by atoms with Crippen LogP contribution in [0.4, 0.5) is 5.69 Å². The van der Waals surface area contributed by atoms with Crippen LogP contribution in [0.15, 0.2) is 36.7 Å². The van der Waals surface area contributed by atoms with Gasteiger partial charge in [-0.25, -0.2) is 0 Å². The smallest absolute Gasteiger partial charge is 0.162 e. The van der Waals surface area contributed by atoms with E-state index in [1.54, 1.807) is 14.2 Å². The SMILES string of the molecule is COc1ccc(NCc2cncc(C)c2)cc1OC. The topological polar surface area (TPSA) is 43.4 Å². The van der Waals surface area contributed by atoms with Crippen LogP contribution in [0.2, 0.25) is 0 Å². The van der Waals surface area contributed by atoms with Crippen molar-refractivity contribution in [2.24, 2.45) is 0 Å². The average Bonchev–Trinajstić information content (AvgIpc) is 2.45. The predicted molar refractivity (Wildman–Crippen MR) is 75.8 cm³/mol. The molecule has 19 heavy (non-hydrogen) atoms. The first-order valence-corrected chi connectivity index (χ1v) is 6.09. The van der Waals surface area contributed by atoms with Crippen LogP contribution in [0.3, 0.4) is 0 Å². The maximum atomic E-state index is 5.27. The van der Waals surface area contributed by atoms with Crippen molar-refractivity contribution >= 4 is 5.69 Å². The molecular formula is C15H18N2O2. The summed E-state index contributed by atoms with van der Waals surface area (Å²) in [5, 5.41) is 3.34. The van der Waals surface area contributed by atoms with E-state index in [1.165, 1.54) is 0 Å². The van der Waals surface area contributed by atoms with Gasteiger partial charge in [-0.15, -0.1) is 0 Å². The van der Waals surface area contributed by atoms with Gasteiger partial charge in [0.1, 0.15) is 0 Å². The molecule has 0 radical (unpaired) electrons. The zero-order valence-corrected chi connectivity index (χ0v) is 11.4. The molecule has 0 fully saturated rings. The van der Waals surface area contributed by atoms with Gasteiger partial charge in [0.05, 0.1) is 14.2 Å². The number of pyridine rings is 1. The number of aryl methyl sites for hydroxylation is 1. The van der Waals surface area contributed by atoms with E-state index in [1.807, 2.05) is 37.5 Å². The lowest BCUT2D eigenvalue weighted by molar-refractivity contribution is 0.355. The van der Waals surface area contributed by atoms with Crippen LogP contribution in [0.1, 0.15) is 11.1 Å². The summed E-state index contributed by atoms with van der Waals surface area (Å²) in [7, 11) is 3.26. The maximum absolute atomic E-state index is 5.27. The fraction of sp³-hybridized carbons (Fsp3) is 0.267. The summed E-state index contributed by atoms with van der Waals surface area (Å²) in [6.45, 7) is 2.76. The molecule has 1 N–H and O–H groups in total. The van der Waals surface area contributed by atoms with E-state index >= 15 is 0 Å². The Labute approximate surface area is 113 Å². The molecular weight excluding hydrogens is 240 g/mol. The summed E-state index contributed by atoms with van der Waals surface area (Å²) < 4.78 is 10.5. The number of hydrogen-bond acceptors (Lipinski definition) is 4. The minimum Gasteiger partial charge on any atom is -0.493 e. The fourth-order valence-electron chi connectivity index (χ4n) is 1.86. The van der Waals surface area contributed by atoms with Gasteiger partial charge in [0, 0.05) is 30.7 Å². The van der Waals surface area contributed by atoms with Gasteiger partial charge in [0.25, 0.3) is 0 Å². The van der Waals surface area contributed by atoms with Gasteiger partial charge in [-0.2, -0.15) is 0 Å². The van der Waals surface area contributed by atoms with E-state index in [0.717, 1.165) is 34.9 Å².